The smallest absolute Gasteiger partial charge is 0.433 e. The summed E-state index contributed by atoms with van der Waals surface area (Å²) in [6.07, 6.45) is 0.598. The first-order valence-corrected chi connectivity index (χ1v) is 13.5. The van der Waals surface area contributed by atoms with Crippen LogP contribution in [0.1, 0.15) is 61.5 Å². The summed E-state index contributed by atoms with van der Waals surface area (Å²) in [7, 11) is 0. The monoisotopic (exact) mass is 517 g/mol. The molecule has 2 N–H and O–H groups in total. The zero-order valence-corrected chi connectivity index (χ0v) is 21.8. The molecule has 1 aliphatic carbocycles. The second-order valence-corrected chi connectivity index (χ2v) is 11.5. The number of aryl methyl sites for hydroxylation is 1. The van der Waals surface area contributed by atoms with Crippen LogP contribution >= 0.6 is 0 Å². The molecule has 0 bridgehead atoms. The van der Waals surface area contributed by atoms with Crippen molar-refractivity contribution >= 4 is 0 Å². The lowest BCUT2D eigenvalue weighted by Gasteiger charge is -2.58. The van der Waals surface area contributed by atoms with Crippen molar-refractivity contribution in [1.82, 2.24) is 14.8 Å². The molecule has 2 saturated heterocycles. The lowest BCUT2D eigenvalue weighted by Crippen LogP contribution is -2.68. The number of phenolic OH excluding ortho intramolecular Hbond substituents is 1. The van der Waals surface area contributed by atoms with E-state index in [1.54, 1.807) is 12.1 Å². The molecule has 3 atom stereocenters. The van der Waals surface area contributed by atoms with Crippen molar-refractivity contribution in [3.63, 3.8) is 0 Å². The molecule has 2 aromatic rings. The van der Waals surface area contributed by atoms with Gasteiger partial charge >= 0.3 is 6.18 Å². The van der Waals surface area contributed by atoms with Gasteiger partial charge in [-0.1, -0.05) is 12.1 Å². The fraction of sp³-hybridized carbons (Fsp3) is 0.621. The highest BCUT2D eigenvalue weighted by molar-refractivity contribution is 5.43. The van der Waals surface area contributed by atoms with Gasteiger partial charge in [0.2, 0.25) is 0 Å². The van der Waals surface area contributed by atoms with Gasteiger partial charge in [0, 0.05) is 43.2 Å². The summed E-state index contributed by atoms with van der Waals surface area (Å²) in [4.78, 5) is 8.55. The summed E-state index contributed by atoms with van der Waals surface area (Å²) in [5, 5.41) is 23.0. The average molecular weight is 518 g/mol. The number of pyridine rings is 1. The molecule has 3 unspecified atom stereocenters. The number of benzene rings is 1. The lowest BCUT2D eigenvalue weighted by atomic mass is 9.57. The molecule has 3 fully saturated rings. The van der Waals surface area contributed by atoms with Crippen LogP contribution in [0.5, 0.6) is 5.75 Å². The van der Waals surface area contributed by atoms with Crippen LogP contribution in [-0.2, 0) is 18.0 Å². The number of phenols is 1. The number of alkyl halides is 3. The Kier molecular flexibility index (Phi) is 7.05. The highest BCUT2D eigenvalue weighted by Crippen LogP contribution is 2.53. The first-order chi connectivity index (χ1) is 17.5. The normalized spacial score (nSPS) is 29.6. The number of likely N-dealkylation sites (tertiary alicyclic amines) is 2. The number of aromatic hydroxyl groups is 1. The van der Waals surface area contributed by atoms with Crippen molar-refractivity contribution in [2.45, 2.75) is 75.6 Å². The molecule has 1 saturated carbocycles. The maximum absolute atomic E-state index is 13.1. The number of aromatic nitrogens is 1. The van der Waals surface area contributed by atoms with E-state index in [-0.39, 0.29) is 11.8 Å². The summed E-state index contributed by atoms with van der Waals surface area (Å²) < 4.78 is 39.4. The van der Waals surface area contributed by atoms with Crippen LogP contribution in [0.15, 0.2) is 36.4 Å². The topological polar surface area (TPSA) is 59.8 Å². The summed E-state index contributed by atoms with van der Waals surface area (Å²) in [5.41, 5.74) is 0.178. The minimum Gasteiger partial charge on any atom is -0.508 e. The number of fused-ring (bicyclic) bond motifs is 1. The number of rotatable bonds is 6. The molecule has 5 nitrogen and oxygen atoms in total. The molecule has 0 spiro atoms. The standard InChI is InChI=1S/C29H38F3N3O2/c1-20-6-9-24(36)18-25(20)27-11-15-34(14-10-23-4-3-5-26(33-23)29(30,31)32)16-13-28(27,37)21(2)35(17-12-27)19-22-7-8-22/h3-6,9,18,21-22,36-37H,7-8,10-17,19H2,1-2H3. The van der Waals surface area contributed by atoms with E-state index in [0.717, 1.165) is 55.6 Å². The van der Waals surface area contributed by atoms with Crippen LogP contribution in [0.4, 0.5) is 13.2 Å². The van der Waals surface area contributed by atoms with Crippen molar-refractivity contribution in [2.24, 2.45) is 5.92 Å². The van der Waals surface area contributed by atoms with E-state index in [0.29, 0.717) is 31.6 Å². The molecule has 1 aromatic heterocycles. The van der Waals surface area contributed by atoms with E-state index in [2.05, 4.69) is 21.7 Å². The van der Waals surface area contributed by atoms with Crippen molar-refractivity contribution in [1.29, 1.82) is 0 Å². The maximum Gasteiger partial charge on any atom is 0.433 e. The molecule has 37 heavy (non-hydrogen) atoms. The second-order valence-electron chi connectivity index (χ2n) is 11.5. The number of nitrogens with zero attached hydrogens (tertiary/aromatic N) is 3. The van der Waals surface area contributed by atoms with Gasteiger partial charge in [0.1, 0.15) is 11.4 Å². The molecular weight excluding hydrogens is 479 g/mol. The van der Waals surface area contributed by atoms with E-state index < -0.39 is 22.9 Å². The maximum atomic E-state index is 13.1. The van der Waals surface area contributed by atoms with Gasteiger partial charge in [-0.15, -0.1) is 0 Å². The van der Waals surface area contributed by atoms with Gasteiger partial charge in [0.15, 0.2) is 0 Å². The summed E-state index contributed by atoms with van der Waals surface area (Å²) in [6, 6.07) is 9.51. The third kappa shape index (κ3) is 5.12. The molecular formula is C29H38F3N3O2. The Morgan fingerprint density at radius 1 is 1.05 bits per heavy atom. The molecule has 2 aliphatic heterocycles. The fourth-order valence-electron chi connectivity index (χ4n) is 6.81. The van der Waals surface area contributed by atoms with Crippen LogP contribution in [0.25, 0.3) is 0 Å². The van der Waals surface area contributed by atoms with Crippen LogP contribution in [0, 0.1) is 12.8 Å². The number of hydrogen-bond donors (Lipinski definition) is 2. The molecule has 3 heterocycles. The van der Waals surface area contributed by atoms with Crippen molar-refractivity contribution < 1.29 is 23.4 Å². The van der Waals surface area contributed by atoms with Crippen molar-refractivity contribution in [3.05, 3.63) is 58.9 Å². The van der Waals surface area contributed by atoms with E-state index in [1.807, 2.05) is 19.1 Å². The zero-order chi connectivity index (χ0) is 26.4. The number of piperidine rings is 1. The highest BCUT2D eigenvalue weighted by Gasteiger charge is 2.59. The first kappa shape index (κ1) is 26.4. The Balaban J connectivity index is 1.40. The van der Waals surface area contributed by atoms with Gasteiger partial charge in [-0.2, -0.15) is 13.2 Å². The second kappa shape index (κ2) is 9.86. The van der Waals surface area contributed by atoms with Gasteiger partial charge in [-0.25, -0.2) is 4.98 Å². The third-order valence-corrected chi connectivity index (χ3v) is 9.27. The SMILES string of the molecule is Cc1ccc(O)cc1C12CCN(CCc3cccc(C(F)(F)F)n3)CCC1(O)C(C)N(CC1CC1)CC2. The predicted molar refractivity (Wildman–Crippen MR) is 136 cm³/mol. The third-order valence-electron chi connectivity index (χ3n) is 9.27. The first-order valence-electron chi connectivity index (χ1n) is 13.5. The Bertz CT molecular complexity index is 1120. The summed E-state index contributed by atoms with van der Waals surface area (Å²) in [6.45, 7) is 8.10. The summed E-state index contributed by atoms with van der Waals surface area (Å²) in [5.74, 6) is 0.936. The Morgan fingerprint density at radius 2 is 1.78 bits per heavy atom. The van der Waals surface area contributed by atoms with Crippen LogP contribution in [-0.4, -0.2) is 69.4 Å². The molecule has 1 aromatic carbocycles. The number of aliphatic hydroxyl groups is 1. The Hall–Kier alpha value is -2.16. The zero-order valence-electron chi connectivity index (χ0n) is 21.8. The van der Waals surface area contributed by atoms with E-state index in [4.69, 9.17) is 0 Å². The molecule has 3 aliphatic rings. The van der Waals surface area contributed by atoms with Gasteiger partial charge in [-0.3, -0.25) is 4.90 Å². The fourth-order valence-corrected chi connectivity index (χ4v) is 6.81. The average Bonchev–Trinajstić information content (AvgIpc) is 3.69. The van der Waals surface area contributed by atoms with Gasteiger partial charge in [0.25, 0.3) is 0 Å². The quantitative estimate of drug-likeness (QED) is 0.569. The van der Waals surface area contributed by atoms with E-state index >= 15 is 0 Å². The lowest BCUT2D eigenvalue weighted by molar-refractivity contribution is -0.141. The minimum atomic E-state index is -4.45. The van der Waals surface area contributed by atoms with Crippen molar-refractivity contribution in [2.75, 3.05) is 32.7 Å². The molecule has 8 heteroatoms. The molecule has 0 amide bonds. The van der Waals surface area contributed by atoms with Gasteiger partial charge in [-0.05, 0) is 100 Å². The summed E-state index contributed by atoms with van der Waals surface area (Å²) >= 11 is 0. The molecule has 202 valence electrons. The van der Waals surface area contributed by atoms with Crippen LogP contribution in [0.2, 0.25) is 0 Å². The largest absolute Gasteiger partial charge is 0.508 e. The van der Waals surface area contributed by atoms with Crippen LogP contribution in [0.3, 0.4) is 0 Å². The molecule has 5 rings (SSSR count). The molecule has 0 radical (unpaired) electrons. The van der Waals surface area contributed by atoms with Gasteiger partial charge < -0.3 is 15.1 Å². The predicted octanol–water partition coefficient (Wildman–Crippen LogP) is 4.93. The van der Waals surface area contributed by atoms with Crippen molar-refractivity contribution in [3.8, 4) is 5.75 Å². The van der Waals surface area contributed by atoms with E-state index in [1.165, 1.54) is 18.9 Å². The number of hydrogen-bond acceptors (Lipinski definition) is 5. The minimum absolute atomic E-state index is 0.0336. The number of halogens is 3. The van der Waals surface area contributed by atoms with Gasteiger partial charge in [0.05, 0.1) is 5.60 Å². The Morgan fingerprint density at radius 3 is 2.51 bits per heavy atom. The van der Waals surface area contributed by atoms with E-state index in [9.17, 15) is 23.4 Å². The highest BCUT2D eigenvalue weighted by atomic mass is 19.4. The van der Waals surface area contributed by atoms with Crippen LogP contribution < -0.4 is 0 Å². The Labute approximate surface area is 217 Å².